The monoisotopic (exact) mass is 226 g/mol. The van der Waals surface area contributed by atoms with Crippen LogP contribution < -0.4 is 5.73 Å². The van der Waals surface area contributed by atoms with Gasteiger partial charge in [-0.3, -0.25) is 0 Å². The smallest absolute Gasteiger partial charge is 0.00663 e. The van der Waals surface area contributed by atoms with E-state index in [2.05, 4.69) is 32.7 Å². The predicted molar refractivity (Wildman–Crippen MR) is 71.5 cm³/mol. The van der Waals surface area contributed by atoms with Crippen molar-refractivity contribution >= 4 is 0 Å². The summed E-state index contributed by atoms with van der Waals surface area (Å²) in [5.41, 5.74) is 6.40. The third kappa shape index (κ3) is 3.74. The molecule has 1 unspecified atom stereocenters. The number of rotatable bonds is 7. The van der Waals surface area contributed by atoms with Crippen molar-refractivity contribution in [2.45, 2.75) is 58.9 Å². The quantitative estimate of drug-likeness (QED) is 0.723. The molecular formula is C14H30N2. The first-order valence-electron chi connectivity index (χ1n) is 6.89. The highest BCUT2D eigenvalue weighted by Crippen LogP contribution is 2.42. The predicted octanol–water partition coefficient (Wildman–Crippen LogP) is 2.87. The molecule has 1 fully saturated rings. The molecule has 16 heavy (non-hydrogen) atoms. The lowest BCUT2D eigenvalue weighted by molar-refractivity contribution is 0.100. The normalized spacial score (nSPS) is 21.2. The molecule has 0 aromatic carbocycles. The largest absolute Gasteiger partial charge is 0.330 e. The van der Waals surface area contributed by atoms with Crippen LogP contribution in [0.1, 0.15) is 52.9 Å². The highest BCUT2D eigenvalue weighted by molar-refractivity contribution is 4.89. The van der Waals surface area contributed by atoms with Crippen molar-refractivity contribution in [3.8, 4) is 0 Å². The molecular weight excluding hydrogens is 196 g/mol. The van der Waals surface area contributed by atoms with Crippen LogP contribution in [-0.4, -0.2) is 31.1 Å². The van der Waals surface area contributed by atoms with Crippen molar-refractivity contribution in [2.75, 3.05) is 20.1 Å². The minimum atomic E-state index is 0.506. The van der Waals surface area contributed by atoms with Crippen LogP contribution in [0.5, 0.6) is 0 Å². The summed E-state index contributed by atoms with van der Waals surface area (Å²) in [6, 6.07) is 0.704. The maximum Gasteiger partial charge on any atom is 0.00663 e. The fourth-order valence-electron chi connectivity index (χ4n) is 2.73. The van der Waals surface area contributed by atoms with Gasteiger partial charge in [0.05, 0.1) is 0 Å². The fourth-order valence-corrected chi connectivity index (χ4v) is 2.73. The van der Waals surface area contributed by atoms with E-state index in [-0.39, 0.29) is 0 Å². The van der Waals surface area contributed by atoms with E-state index in [1.165, 1.54) is 38.6 Å². The van der Waals surface area contributed by atoms with Gasteiger partial charge in [0, 0.05) is 6.04 Å². The van der Waals surface area contributed by atoms with Crippen LogP contribution in [-0.2, 0) is 0 Å². The van der Waals surface area contributed by atoms with E-state index in [1.807, 2.05) is 0 Å². The Morgan fingerprint density at radius 1 is 1.25 bits per heavy atom. The Bertz CT molecular complexity index is 191. The number of nitrogens with two attached hydrogens (primary N) is 1. The van der Waals surface area contributed by atoms with E-state index in [0.29, 0.717) is 11.5 Å². The minimum Gasteiger partial charge on any atom is -0.330 e. The summed E-state index contributed by atoms with van der Waals surface area (Å²) in [6.07, 6.45) is 6.70. The molecule has 0 bridgehead atoms. The van der Waals surface area contributed by atoms with Gasteiger partial charge in [-0.25, -0.2) is 0 Å². The zero-order valence-corrected chi connectivity index (χ0v) is 11.6. The van der Waals surface area contributed by atoms with Crippen LogP contribution in [0, 0.1) is 11.3 Å². The third-order valence-electron chi connectivity index (χ3n) is 4.41. The highest BCUT2D eigenvalue weighted by atomic mass is 15.1. The summed E-state index contributed by atoms with van der Waals surface area (Å²) >= 11 is 0. The summed E-state index contributed by atoms with van der Waals surface area (Å²) in [5, 5.41) is 0. The summed E-state index contributed by atoms with van der Waals surface area (Å²) in [6.45, 7) is 9.05. The lowest BCUT2D eigenvalue weighted by atomic mass is 9.66. The van der Waals surface area contributed by atoms with E-state index in [1.54, 1.807) is 0 Å². The van der Waals surface area contributed by atoms with Crippen LogP contribution in [0.2, 0.25) is 0 Å². The van der Waals surface area contributed by atoms with Gasteiger partial charge < -0.3 is 10.6 Å². The van der Waals surface area contributed by atoms with Crippen molar-refractivity contribution in [1.29, 1.82) is 0 Å². The van der Waals surface area contributed by atoms with Gasteiger partial charge in [0.25, 0.3) is 0 Å². The first-order valence-corrected chi connectivity index (χ1v) is 6.89. The molecule has 1 saturated carbocycles. The van der Waals surface area contributed by atoms with E-state index < -0.39 is 0 Å². The maximum absolute atomic E-state index is 5.89. The van der Waals surface area contributed by atoms with Crippen LogP contribution in [0.25, 0.3) is 0 Å². The summed E-state index contributed by atoms with van der Waals surface area (Å²) in [7, 11) is 2.26. The summed E-state index contributed by atoms with van der Waals surface area (Å²) in [5.74, 6) is 0.796. The van der Waals surface area contributed by atoms with Crippen molar-refractivity contribution in [1.82, 2.24) is 4.90 Å². The zero-order valence-electron chi connectivity index (χ0n) is 11.6. The molecule has 0 aromatic heterocycles. The molecule has 96 valence electrons. The molecule has 0 heterocycles. The zero-order chi connectivity index (χ0) is 12.2. The molecule has 1 rings (SSSR count). The molecule has 0 aliphatic heterocycles. The molecule has 0 radical (unpaired) electrons. The molecule has 2 N–H and O–H groups in total. The third-order valence-corrected chi connectivity index (χ3v) is 4.41. The number of hydrogen-bond acceptors (Lipinski definition) is 2. The van der Waals surface area contributed by atoms with Gasteiger partial charge in [0.2, 0.25) is 0 Å². The molecule has 0 amide bonds. The van der Waals surface area contributed by atoms with E-state index in [4.69, 9.17) is 5.73 Å². The molecule has 2 nitrogen and oxygen atoms in total. The van der Waals surface area contributed by atoms with Crippen molar-refractivity contribution in [3.63, 3.8) is 0 Å². The van der Waals surface area contributed by atoms with E-state index in [9.17, 15) is 0 Å². The summed E-state index contributed by atoms with van der Waals surface area (Å²) < 4.78 is 0. The number of hydrogen-bond donors (Lipinski definition) is 1. The Balaban J connectivity index is 2.25. The lowest BCUT2D eigenvalue weighted by Gasteiger charge is -2.42. The van der Waals surface area contributed by atoms with Gasteiger partial charge in [0.1, 0.15) is 0 Å². The molecule has 1 aliphatic carbocycles. The van der Waals surface area contributed by atoms with Crippen LogP contribution in [0.3, 0.4) is 0 Å². The Morgan fingerprint density at radius 2 is 1.88 bits per heavy atom. The average molecular weight is 226 g/mol. The van der Waals surface area contributed by atoms with Gasteiger partial charge in [-0.15, -0.1) is 0 Å². The fraction of sp³-hybridized carbons (Fsp3) is 1.00. The second kappa shape index (κ2) is 6.02. The van der Waals surface area contributed by atoms with Crippen LogP contribution in [0.15, 0.2) is 0 Å². The Labute approximate surface area is 102 Å². The Hall–Kier alpha value is -0.0800. The van der Waals surface area contributed by atoms with Gasteiger partial charge in [0.15, 0.2) is 0 Å². The molecule has 0 saturated heterocycles. The standard InChI is InChI=1S/C14H30N2/c1-12(2)10-13(3)16(4)9-8-14(11-15)6-5-7-14/h12-13H,5-11,15H2,1-4H3. The average Bonchev–Trinajstić information content (AvgIpc) is 2.15. The van der Waals surface area contributed by atoms with Gasteiger partial charge in [-0.2, -0.15) is 0 Å². The summed E-state index contributed by atoms with van der Waals surface area (Å²) in [4.78, 5) is 2.51. The Kier molecular flexibility index (Phi) is 5.26. The molecule has 0 aromatic rings. The van der Waals surface area contributed by atoms with Crippen molar-refractivity contribution in [2.24, 2.45) is 17.1 Å². The van der Waals surface area contributed by atoms with E-state index in [0.717, 1.165) is 12.5 Å². The first kappa shape index (κ1) is 14.0. The molecule has 0 spiro atoms. The van der Waals surface area contributed by atoms with Gasteiger partial charge >= 0.3 is 0 Å². The molecule has 1 aliphatic rings. The van der Waals surface area contributed by atoms with Gasteiger partial charge in [-0.05, 0) is 64.1 Å². The second-order valence-corrected chi connectivity index (χ2v) is 6.27. The van der Waals surface area contributed by atoms with Crippen LogP contribution in [0.4, 0.5) is 0 Å². The highest BCUT2D eigenvalue weighted by Gasteiger charge is 2.35. The second-order valence-electron chi connectivity index (χ2n) is 6.27. The minimum absolute atomic E-state index is 0.506. The SMILES string of the molecule is CC(C)CC(C)N(C)CCC1(CN)CCC1. The van der Waals surface area contributed by atoms with Crippen molar-refractivity contribution < 1.29 is 0 Å². The topological polar surface area (TPSA) is 29.3 Å². The molecule has 2 heteroatoms. The van der Waals surface area contributed by atoms with Crippen LogP contribution >= 0.6 is 0 Å². The van der Waals surface area contributed by atoms with Gasteiger partial charge in [-0.1, -0.05) is 20.3 Å². The Morgan fingerprint density at radius 3 is 2.25 bits per heavy atom. The number of nitrogens with zero attached hydrogens (tertiary/aromatic N) is 1. The lowest BCUT2D eigenvalue weighted by Crippen LogP contribution is -2.41. The van der Waals surface area contributed by atoms with E-state index >= 15 is 0 Å². The maximum atomic E-state index is 5.89. The molecule has 1 atom stereocenters. The first-order chi connectivity index (χ1) is 7.49. The van der Waals surface area contributed by atoms with Crippen molar-refractivity contribution in [3.05, 3.63) is 0 Å².